The van der Waals surface area contributed by atoms with Gasteiger partial charge in [0.2, 0.25) is 5.91 Å². The summed E-state index contributed by atoms with van der Waals surface area (Å²) in [4.78, 5) is 15.4. The van der Waals surface area contributed by atoms with Gasteiger partial charge in [-0.05, 0) is 62.7 Å². The normalized spacial score (nSPS) is 41.7. The van der Waals surface area contributed by atoms with Gasteiger partial charge in [-0.3, -0.25) is 4.79 Å². The molecule has 4 aliphatic rings. The van der Waals surface area contributed by atoms with Gasteiger partial charge in [0.25, 0.3) is 0 Å². The maximum atomic E-state index is 13.1. The molecule has 112 valence electrons. The van der Waals surface area contributed by atoms with Crippen molar-refractivity contribution < 1.29 is 4.79 Å². The lowest BCUT2D eigenvalue weighted by atomic mass is 9.44. The van der Waals surface area contributed by atoms with Gasteiger partial charge in [-0.2, -0.15) is 0 Å². The molecule has 4 heteroatoms. The number of hydrogen-bond donors (Lipinski definition) is 1. The third-order valence-electron chi connectivity index (χ3n) is 5.82. The van der Waals surface area contributed by atoms with Crippen LogP contribution in [0.15, 0.2) is 0 Å². The minimum absolute atomic E-state index is 0.0976. The molecule has 0 heterocycles. The summed E-state index contributed by atoms with van der Waals surface area (Å²) in [7, 11) is 0. The van der Waals surface area contributed by atoms with E-state index in [1.165, 1.54) is 19.3 Å². The second kappa shape index (κ2) is 4.69. The van der Waals surface area contributed by atoms with Gasteiger partial charge < -0.3 is 10.6 Å². The van der Waals surface area contributed by atoms with Gasteiger partial charge in [0.15, 0.2) is 0 Å². The molecule has 0 spiro atoms. The molecule has 4 bridgehead atoms. The van der Waals surface area contributed by atoms with Crippen LogP contribution in [0.3, 0.4) is 0 Å². The summed E-state index contributed by atoms with van der Waals surface area (Å²) in [5.41, 5.74) is 5.97. The number of hydrogen-bond acceptors (Lipinski definition) is 2. The van der Waals surface area contributed by atoms with Crippen LogP contribution in [0.5, 0.6) is 0 Å². The number of likely N-dealkylation sites (N-methyl/N-ethyl adjacent to an activating group) is 1. The Hall–Kier alpha value is -0.640. The highest BCUT2D eigenvalue weighted by Gasteiger charge is 2.59. The zero-order chi connectivity index (χ0) is 14.5. The Bertz CT molecular complexity index is 434. The number of nitrogens with two attached hydrogens (primary N) is 1. The molecular weight excluding hydrogens is 268 g/mol. The molecule has 3 nitrogen and oxygen atoms in total. The van der Waals surface area contributed by atoms with Gasteiger partial charge in [0, 0.05) is 6.54 Å². The monoisotopic (exact) mass is 294 g/mol. The third kappa shape index (κ3) is 2.26. The molecule has 0 radical (unpaired) electrons. The number of thiocarbonyl (C=S) groups is 1. The van der Waals surface area contributed by atoms with Gasteiger partial charge in [-0.1, -0.05) is 19.1 Å². The molecule has 2 unspecified atom stereocenters. The van der Waals surface area contributed by atoms with Crippen molar-refractivity contribution in [3.63, 3.8) is 0 Å². The van der Waals surface area contributed by atoms with E-state index in [2.05, 4.69) is 6.92 Å². The van der Waals surface area contributed by atoms with Crippen LogP contribution in [0.25, 0.3) is 0 Å². The molecule has 0 saturated heterocycles. The molecule has 1 amide bonds. The van der Waals surface area contributed by atoms with E-state index in [1.807, 2.05) is 11.8 Å². The van der Waals surface area contributed by atoms with Gasteiger partial charge in [-0.25, -0.2) is 0 Å². The van der Waals surface area contributed by atoms with Crippen LogP contribution >= 0.6 is 12.2 Å². The van der Waals surface area contributed by atoms with Crippen molar-refractivity contribution >= 4 is 23.1 Å². The zero-order valence-electron chi connectivity index (χ0n) is 12.7. The third-order valence-corrected chi connectivity index (χ3v) is 5.95. The summed E-state index contributed by atoms with van der Waals surface area (Å²) in [6.45, 7) is 5.58. The van der Waals surface area contributed by atoms with E-state index in [1.54, 1.807) is 0 Å². The Morgan fingerprint density at radius 1 is 1.30 bits per heavy atom. The lowest BCUT2D eigenvalue weighted by molar-refractivity contribution is -0.165. The first-order chi connectivity index (χ1) is 9.36. The fourth-order valence-electron chi connectivity index (χ4n) is 5.82. The quantitative estimate of drug-likeness (QED) is 0.811. The first-order valence-electron chi connectivity index (χ1n) is 7.93. The number of nitrogens with zero attached hydrogens (tertiary/aromatic N) is 1. The maximum Gasteiger partial charge on any atom is 0.229 e. The number of carbonyl (C=O) groups is 1. The Morgan fingerprint density at radius 2 is 1.90 bits per heavy atom. The van der Waals surface area contributed by atoms with Crippen LogP contribution < -0.4 is 5.73 Å². The minimum atomic E-state index is -0.0976. The number of carbonyl (C=O) groups excluding carboxylic acids is 1. The summed E-state index contributed by atoms with van der Waals surface area (Å²) in [6, 6.07) is 0. The van der Waals surface area contributed by atoms with Crippen LogP contribution in [0, 0.1) is 22.7 Å². The molecule has 0 aliphatic heterocycles. The van der Waals surface area contributed by atoms with Crippen LogP contribution in [0.2, 0.25) is 0 Å². The fourth-order valence-corrected chi connectivity index (χ4v) is 5.98. The van der Waals surface area contributed by atoms with E-state index < -0.39 is 0 Å². The van der Waals surface area contributed by atoms with Crippen molar-refractivity contribution in [1.29, 1.82) is 0 Å². The van der Waals surface area contributed by atoms with Crippen molar-refractivity contribution in [3.05, 3.63) is 0 Å². The Kier molecular flexibility index (Phi) is 3.35. The average Bonchev–Trinajstić information content (AvgIpc) is 2.31. The zero-order valence-corrected chi connectivity index (χ0v) is 13.5. The van der Waals surface area contributed by atoms with Crippen molar-refractivity contribution in [1.82, 2.24) is 4.90 Å². The molecule has 0 aromatic heterocycles. The summed E-state index contributed by atoms with van der Waals surface area (Å²) >= 11 is 5.01. The average molecular weight is 294 g/mol. The molecule has 4 fully saturated rings. The predicted molar refractivity (Wildman–Crippen MR) is 84.3 cm³/mol. The van der Waals surface area contributed by atoms with Gasteiger partial charge in [0.1, 0.15) is 0 Å². The molecule has 4 aliphatic carbocycles. The molecule has 0 aromatic carbocycles. The maximum absolute atomic E-state index is 13.1. The standard InChI is InChI=1S/C16H26N2OS/c1-3-18(9-13(17)20)14(19)16-7-11-4-12(8-16)6-15(2,5-11)10-16/h11-12H,3-10H2,1-2H3,(H2,17,20). The van der Waals surface area contributed by atoms with Gasteiger partial charge >= 0.3 is 0 Å². The summed E-state index contributed by atoms with van der Waals surface area (Å²) < 4.78 is 0. The SMILES string of the molecule is CCN(CC(N)=S)C(=O)C12CC3CC(CC(C)(C3)C1)C2. The van der Waals surface area contributed by atoms with E-state index in [0.717, 1.165) is 31.1 Å². The smallest absolute Gasteiger partial charge is 0.229 e. The number of rotatable bonds is 4. The van der Waals surface area contributed by atoms with E-state index >= 15 is 0 Å². The van der Waals surface area contributed by atoms with Crippen LogP contribution in [0.1, 0.15) is 52.4 Å². The Labute approximate surface area is 127 Å². The lowest BCUT2D eigenvalue weighted by Gasteiger charge is -2.61. The highest BCUT2D eigenvalue weighted by Crippen LogP contribution is 2.65. The van der Waals surface area contributed by atoms with Crippen molar-refractivity contribution in [2.45, 2.75) is 52.4 Å². The Morgan fingerprint density at radius 3 is 2.35 bits per heavy atom. The summed E-state index contributed by atoms with van der Waals surface area (Å²) in [6.07, 6.45) is 7.31. The van der Waals surface area contributed by atoms with Crippen molar-refractivity contribution in [3.8, 4) is 0 Å². The van der Waals surface area contributed by atoms with E-state index in [9.17, 15) is 4.79 Å². The molecule has 0 aromatic rings. The van der Waals surface area contributed by atoms with Crippen LogP contribution in [0.4, 0.5) is 0 Å². The van der Waals surface area contributed by atoms with E-state index in [0.29, 0.717) is 29.4 Å². The molecule has 2 N–H and O–H groups in total. The highest BCUT2D eigenvalue weighted by molar-refractivity contribution is 7.80. The van der Waals surface area contributed by atoms with E-state index in [-0.39, 0.29) is 5.41 Å². The van der Waals surface area contributed by atoms with Crippen LogP contribution in [-0.2, 0) is 4.79 Å². The number of amides is 1. The second-order valence-electron chi connectivity index (χ2n) is 7.84. The molecule has 4 rings (SSSR count). The van der Waals surface area contributed by atoms with Crippen molar-refractivity contribution in [2.75, 3.05) is 13.1 Å². The highest BCUT2D eigenvalue weighted by atomic mass is 32.1. The van der Waals surface area contributed by atoms with Gasteiger partial charge in [0.05, 0.1) is 16.9 Å². The lowest BCUT2D eigenvalue weighted by Crippen LogP contribution is -2.58. The van der Waals surface area contributed by atoms with Crippen molar-refractivity contribution in [2.24, 2.45) is 28.4 Å². The molecule has 2 atom stereocenters. The Balaban J connectivity index is 1.85. The largest absolute Gasteiger partial charge is 0.392 e. The summed E-state index contributed by atoms with van der Waals surface area (Å²) in [5.74, 6) is 1.87. The second-order valence-corrected chi connectivity index (χ2v) is 8.36. The summed E-state index contributed by atoms with van der Waals surface area (Å²) in [5, 5.41) is 0. The van der Waals surface area contributed by atoms with E-state index in [4.69, 9.17) is 18.0 Å². The molecule has 20 heavy (non-hydrogen) atoms. The topological polar surface area (TPSA) is 46.3 Å². The minimum Gasteiger partial charge on any atom is -0.392 e. The molecule has 4 saturated carbocycles. The fraction of sp³-hybridized carbons (Fsp3) is 0.875. The first-order valence-corrected chi connectivity index (χ1v) is 8.34. The predicted octanol–water partition coefficient (Wildman–Crippen LogP) is 2.73. The van der Waals surface area contributed by atoms with Gasteiger partial charge in [-0.15, -0.1) is 0 Å². The first kappa shape index (κ1) is 14.3. The molecular formula is C16H26N2OS. The van der Waals surface area contributed by atoms with Crippen LogP contribution in [-0.4, -0.2) is 28.9 Å².